The van der Waals surface area contributed by atoms with Crippen LogP contribution in [0.25, 0.3) is 22.8 Å². The SMILES string of the molecule is Cc1cc(C=NCCN=Cc2cc(C)cc(/C=N/n3c(-c4ccncc4)n[nH]c3=S)c2O)c(O)c(/C=N/n2c(-c3ccncc3)n[nH]c2=S)c1. The Balaban J connectivity index is 1.12. The van der Waals surface area contributed by atoms with Gasteiger partial charge in [-0.25, -0.2) is 10.2 Å². The first kappa shape index (κ1) is 33.6. The summed E-state index contributed by atoms with van der Waals surface area (Å²) in [5.41, 5.74) is 5.44. The third-order valence-electron chi connectivity index (χ3n) is 7.25. The molecule has 6 aromatic rings. The summed E-state index contributed by atoms with van der Waals surface area (Å²) in [5.74, 6) is 1.08. The molecule has 50 heavy (non-hydrogen) atoms. The third-order valence-corrected chi connectivity index (χ3v) is 7.78. The fourth-order valence-corrected chi connectivity index (χ4v) is 5.28. The van der Waals surface area contributed by atoms with E-state index < -0.39 is 0 Å². The molecule has 0 radical (unpaired) electrons. The van der Waals surface area contributed by atoms with E-state index in [0.29, 0.717) is 56.5 Å². The van der Waals surface area contributed by atoms with Gasteiger partial charge < -0.3 is 10.2 Å². The average Bonchev–Trinajstić information content (AvgIpc) is 3.69. The maximum absolute atomic E-state index is 11.0. The van der Waals surface area contributed by atoms with Gasteiger partial charge in [-0.1, -0.05) is 0 Å². The molecule has 0 atom stereocenters. The molecule has 0 spiro atoms. The molecule has 4 heterocycles. The zero-order valence-electron chi connectivity index (χ0n) is 26.8. The zero-order valence-corrected chi connectivity index (χ0v) is 28.5. The van der Waals surface area contributed by atoms with Gasteiger partial charge in [-0.15, -0.1) is 0 Å². The first-order chi connectivity index (χ1) is 24.3. The summed E-state index contributed by atoms with van der Waals surface area (Å²) in [4.78, 5) is 17.0. The third kappa shape index (κ3) is 7.72. The van der Waals surface area contributed by atoms with E-state index in [1.54, 1.807) is 61.5 Å². The van der Waals surface area contributed by atoms with Crippen molar-refractivity contribution < 1.29 is 10.2 Å². The topological polar surface area (TPSA) is 183 Å². The number of phenols is 2. The molecule has 2 aromatic carbocycles. The molecule has 0 amide bonds. The van der Waals surface area contributed by atoms with E-state index in [2.05, 4.69) is 50.6 Å². The fourth-order valence-electron chi connectivity index (χ4n) is 4.92. The molecule has 0 bridgehead atoms. The van der Waals surface area contributed by atoms with Crippen molar-refractivity contribution in [2.45, 2.75) is 13.8 Å². The van der Waals surface area contributed by atoms with Gasteiger partial charge in [0.1, 0.15) is 11.5 Å². The highest BCUT2D eigenvalue weighted by Gasteiger charge is 2.11. The molecule has 0 aliphatic carbocycles. The lowest BCUT2D eigenvalue weighted by Crippen LogP contribution is -1.98. The van der Waals surface area contributed by atoms with Crippen LogP contribution in [0.1, 0.15) is 33.4 Å². The molecule has 4 aromatic heterocycles. The molecule has 0 aliphatic heterocycles. The number of aromatic nitrogens is 8. The lowest BCUT2D eigenvalue weighted by molar-refractivity contribution is 0.473. The highest BCUT2D eigenvalue weighted by atomic mass is 32.1. The smallest absolute Gasteiger partial charge is 0.216 e. The van der Waals surface area contributed by atoms with Crippen molar-refractivity contribution in [3.8, 4) is 34.3 Å². The number of nitrogens with one attached hydrogen (secondary N) is 2. The van der Waals surface area contributed by atoms with Crippen LogP contribution in [0.5, 0.6) is 11.5 Å². The first-order valence-corrected chi connectivity index (χ1v) is 16.0. The molecule has 6 rings (SSSR count). The minimum atomic E-state index is 0.0237. The van der Waals surface area contributed by atoms with Gasteiger partial charge >= 0.3 is 0 Å². The van der Waals surface area contributed by atoms with Crippen molar-refractivity contribution in [2.75, 3.05) is 13.1 Å². The molecule has 0 aliphatic rings. The molecule has 0 unspecified atom stereocenters. The van der Waals surface area contributed by atoms with Crippen LogP contribution >= 0.6 is 24.4 Å². The Morgan fingerprint density at radius 2 is 0.980 bits per heavy atom. The number of nitrogens with zero attached hydrogens (tertiary/aromatic N) is 10. The minimum Gasteiger partial charge on any atom is -0.507 e. The second-order valence-electron chi connectivity index (χ2n) is 10.9. The summed E-state index contributed by atoms with van der Waals surface area (Å²) >= 11 is 10.7. The molecule has 0 saturated heterocycles. The normalized spacial score (nSPS) is 12.0. The van der Waals surface area contributed by atoms with Gasteiger partial charge in [0.25, 0.3) is 0 Å². The number of pyridine rings is 2. The summed E-state index contributed by atoms with van der Waals surface area (Å²) in [7, 11) is 0. The molecule has 0 fully saturated rings. The van der Waals surface area contributed by atoms with E-state index in [1.165, 1.54) is 21.8 Å². The van der Waals surface area contributed by atoms with Crippen LogP contribution in [0.2, 0.25) is 0 Å². The summed E-state index contributed by atoms with van der Waals surface area (Å²) < 4.78 is 3.57. The second kappa shape index (κ2) is 15.3. The van der Waals surface area contributed by atoms with E-state index in [9.17, 15) is 10.2 Å². The summed E-state index contributed by atoms with van der Waals surface area (Å²) in [6, 6.07) is 14.5. The predicted molar refractivity (Wildman–Crippen MR) is 198 cm³/mol. The van der Waals surface area contributed by atoms with E-state index in [0.717, 1.165) is 22.3 Å². The molecule has 250 valence electrons. The van der Waals surface area contributed by atoms with Gasteiger partial charge in [-0.05, 0) is 97.9 Å². The van der Waals surface area contributed by atoms with Crippen LogP contribution in [-0.2, 0) is 0 Å². The second-order valence-corrected chi connectivity index (χ2v) is 11.7. The minimum absolute atomic E-state index is 0.0237. The lowest BCUT2D eigenvalue weighted by Gasteiger charge is -2.06. The number of aryl methyl sites for hydroxylation is 2. The standard InChI is InChI=1S/C34H30N12O2S2/c1-21-13-25(29(47)27(15-21)19-39-45-31(41-43-33(45)49)23-3-7-35-8-4-23)17-37-11-12-38-18-26-14-22(2)16-28(30(26)48)20-40-46-32(42-44-34(46)50)24-5-9-36-10-6-24/h3-10,13-20,47-48H,11-12H2,1-2H3,(H,43,49)(H,44,50)/b37-17?,38-18?,39-19+,40-20+. The highest BCUT2D eigenvalue weighted by molar-refractivity contribution is 7.71. The van der Waals surface area contributed by atoms with Gasteiger partial charge in [-0.3, -0.25) is 20.0 Å². The van der Waals surface area contributed by atoms with Crippen molar-refractivity contribution in [1.82, 2.24) is 39.7 Å². The predicted octanol–water partition coefficient (Wildman–Crippen LogP) is 5.65. The average molecular weight is 703 g/mol. The number of hydrogen-bond acceptors (Lipinski definition) is 12. The number of rotatable bonds is 11. The number of aromatic amines is 2. The molecule has 14 nitrogen and oxygen atoms in total. The molecule has 16 heteroatoms. The largest absolute Gasteiger partial charge is 0.507 e. The van der Waals surface area contributed by atoms with E-state index in [-0.39, 0.29) is 11.5 Å². The number of benzene rings is 2. The highest BCUT2D eigenvalue weighted by Crippen LogP contribution is 2.24. The molecular formula is C34H30N12O2S2. The fraction of sp³-hybridized carbons (Fsp3) is 0.118. The van der Waals surface area contributed by atoms with Gasteiger partial charge in [0.05, 0.1) is 25.5 Å². The Hall–Kier alpha value is -6.26. The van der Waals surface area contributed by atoms with E-state index in [4.69, 9.17) is 24.4 Å². The monoisotopic (exact) mass is 702 g/mol. The van der Waals surface area contributed by atoms with Crippen molar-refractivity contribution in [3.63, 3.8) is 0 Å². The van der Waals surface area contributed by atoms with Gasteiger partial charge in [0.2, 0.25) is 9.54 Å². The summed E-state index contributed by atoms with van der Waals surface area (Å²) in [6.45, 7) is 4.54. The van der Waals surface area contributed by atoms with Crippen LogP contribution in [0, 0.1) is 23.4 Å². The van der Waals surface area contributed by atoms with E-state index in [1.807, 2.05) is 38.1 Å². The Bertz CT molecular complexity index is 2210. The molecule has 4 N–H and O–H groups in total. The van der Waals surface area contributed by atoms with Crippen molar-refractivity contribution in [1.29, 1.82) is 0 Å². The van der Waals surface area contributed by atoms with Crippen LogP contribution in [0.3, 0.4) is 0 Å². The van der Waals surface area contributed by atoms with Crippen LogP contribution in [-0.4, -0.2) is 87.9 Å². The Morgan fingerprint density at radius 1 is 0.620 bits per heavy atom. The summed E-state index contributed by atoms with van der Waals surface area (Å²) in [5, 5.41) is 45.0. The van der Waals surface area contributed by atoms with Gasteiger partial charge in [0.15, 0.2) is 11.6 Å². The number of hydrogen-bond donors (Lipinski definition) is 4. The first-order valence-electron chi connectivity index (χ1n) is 15.2. The Kier molecular flexibility index (Phi) is 10.3. The lowest BCUT2D eigenvalue weighted by atomic mass is 10.1. The van der Waals surface area contributed by atoms with Crippen molar-refractivity contribution in [2.24, 2.45) is 20.2 Å². The van der Waals surface area contributed by atoms with Crippen molar-refractivity contribution >= 4 is 49.3 Å². The number of phenolic OH excluding ortho intramolecular Hbond substituents is 2. The van der Waals surface area contributed by atoms with Gasteiger partial charge in [-0.2, -0.15) is 29.8 Å². The number of aliphatic imine (C=N–C) groups is 2. The Morgan fingerprint density at radius 3 is 1.36 bits per heavy atom. The molecular weight excluding hydrogens is 673 g/mol. The zero-order chi connectivity index (χ0) is 35.0. The van der Waals surface area contributed by atoms with E-state index >= 15 is 0 Å². The van der Waals surface area contributed by atoms with Crippen LogP contribution < -0.4 is 0 Å². The number of H-pyrrole nitrogens is 2. The maximum Gasteiger partial charge on any atom is 0.216 e. The Labute approximate surface area is 296 Å². The van der Waals surface area contributed by atoms with Crippen LogP contribution in [0.4, 0.5) is 0 Å². The van der Waals surface area contributed by atoms with Crippen LogP contribution in [0.15, 0.2) is 93.5 Å². The number of aromatic hydroxyl groups is 2. The quantitative estimate of drug-likeness (QED) is 0.0759. The molecule has 0 saturated carbocycles. The van der Waals surface area contributed by atoms with Gasteiger partial charge in [0, 0.05) is 70.6 Å². The van der Waals surface area contributed by atoms with Crippen molar-refractivity contribution in [3.05, 3.63) is 116 Å². The maximum atomic E-state index is 11.0. The summed E-state index contributed by atoms with van der Waals surface area (Å²) in [6.07, 6.45) is 12.9.